The number of aliphatic hydroxyl groups excluding tert-OH is 1. The molecular formula is C14H23N3O2S. The van der Waals surface area contributed by atoms with E-state index in [-0.39, 0.29) is 12.1 Å². The SMILES string of the molecule is CCCc1cnc(NC(=O)NC[C@H]2CCC[C@@H](O)C2)s1. The molecule has 5 nitrogen and oxygen atoms in total. The molecule has 2 atom stereocenters. The number of aliphatic hydroxyl groups is 1. The highest BCUT2D eigenvalue weighted by atomic mass is 32.1. The van der Waals surface area contributed by atoms with E-state index in [1.807, 2.05) is 6.20 Å². The third-order valence-electron chi connectivity index (χ3n) is 3.58. The zero-order valence-corrected chi connectivity index (χ0v) is 12.7. The number of rotatable bonds is 5. The first-order valence-electron chi connectivity index (χ1n) is 7.35. The van der Waals surface area contributed by atoms with Crippen LogP contribution in [-0.2, 0) is 6.42 Å². The molecule has 6 heteroatoms. The number of anilines is 1. The quantitative estimate of drug-likeness (QED) is 0.782. The fourth-order valence-electron chi connectivity index (χ4n) is 2.55. The Labute approximate surface area is 123 Å². The first-order valence-corrected chi connectivity index (χ1v) is 8.16. The van der Waals surface area contributed by atoms with Gasteiger partial charge in [0.15, 0.2) is 5.13 Å². The standard InChI is InChI=1S/C14H23N3O2S/c1-2-4-12-9-16-14(20-12)17-13(19)15-8-10-5-3-6-11(18)7-10/h9-11,18H,2-8H2,1H3,(H2,15,16,17,19)/t10-,11+/m0/s1. The number of carbonyl (C=O) groups excluding carboxylic acids is 1. The zero-order chi connectivity index (χ0) is 14.4. The molecule has 1 heterocycles. The predicted octanol–water partition coefficient (Wildman–Crippen LogP) is 2.77. The summed E-state index contributed by atoms with van der Waals surface area (Å²) < 4.78 is 0. The molecule has 3 N–H and O–H groups in total. The summed E-state index contributed by atoms with van der Waals surface area (Å²) >= 11 is 1.52. The van der Waals surface area contributed by atoms with Crippen molar-refractivity contribution >= 4 is 22.5 Å². The third kappa shape index (κ3) is 4.76. The Hall–Kier alpha value is -1.14. The summed E-state index contributed by atoms with van der Waals surface area (Å²) in [4.78, 5) is 17.2. The van der Waals surface area contributed by atoms with Crippen LogP contribution in [0.4, 0.5) is 9.93 Å². The topological polar surface area (TPSA) is 74.2 Å². The van der Waals surface area contributed by atoms with E-state index in [9.17, 15) is 9.90 Å². The number of amides is 2. The summed E-state index contributed by atoms with van der Waals surface area (Å²) in [5, 5.41) is 15.9. The number of aryl methyl sites for hydroxylation is 1. The average molecular weight is 297 g/mol. The van der Waals surface area contributed by atoms with Gasteiger partial charge in [0.1, 0.15) is 0 Å². The molecular weight excluding hydrogens is 274 g/mol. The second kappa shape index (κ2) is 7.59. The minimum absolute atomic E-state index is 0.200. The Bertz CT molecular complexity index is 436. The van der Waals surface area contributed by atoms with Crippen molar-refractivity contribution in [3.63, 3.8) is 0 Å². The molecule has 0 aromatic carbocycles. The van der Waals surface area contributed by atoms with Gasteiger partial charge in [-0.15, -0.1) is 11.3 Å². The van der Waals surface area contributed by atoms with Crippen LogP contribution < -0.4 is 10.6 Å². The van der Waals surface area contributed by atoms with Crippen molar-refractivity contribution in [2.75, 3.05) is 11.9 Å². The summed E-state index contributed by atoms with van der Waals surface area (Å²) in [6.07, 6.45) is 7.51. The molecule has 0 bridgehead atoms. The predicted molar refractivity (Wildman–Crippen MR) is 81.1 cm³/mol. The van der Waals surface area contributed by atoms with Crippen LogP contribution in [0.3, 0.4) is 0 Å². The van der Waals surface area contributed by atoms with Gasteiger partial charge >= 0.3 is 6.03 Å². The van der Waals surface area contributed by atoms with Crippen molar-refractivity contribution in [2.45, 2.75) is 51.6 Å². The van der Waals surface area contributed by atoms with Gasteiger partial charge in [0.05, 0.1) is 6.10 Å². The van der Waals surface area contributed by atoms with Crippen molar-refractivity contribution in [1.82, 2.24) is 10.3 Å². The Balaban J connectivity index is 1.71. The second-order valence-corrected chi connectivity index (χ2v) is 6.52. The molecule has 1 aromatic heterocycles. The summed E-state index contributed by atoms with van der Waals surface area (Å²) in [6, 6.07) is -0.206. The third-order valence-corrected chi connectivity index (χ3v) is 4.55. The lowest BCUT2D eigenvalue weighted by Gasteiger charge is -2.25. The van der Waals surface area contributed by atoms with Crippen LogP contribution in [0.1, 0.15) is 43.9 Å². The van der Waals surface area contributed by atoms with Crippen LogP contribution in [0.2, 0.25) is 0 Å². The number of nitrogens with one attached hydrogen (secondary N) is 2. The molecule has 0 unspecified atom stereocenters. The number of urea groups is 1. The molecule has 0 spiro atoms. The van der Waals surface area contributed by atoms with E-state index < -0.39 is 0 Å². The molecule has 112 valence electrons. The number of nitrogens with zero attached hydrogens (tertiary/aromatic N) is 1. The molecule has 0 saturated heterocycles. The van der Waals surface area contributed by atoms with Gasteiger partial charge in [0, 0.05) is 17.6 Å². The van der Waals surface area contributed by atoms with Crippen LogP contribution in [0.5, 0.6) is 0 Å². The highest BCUT2D eigenvalue weighted by Gasteiger charge is 2.20. The molecule has 0 aliphatic heterocycles. The molecule has 2 amide bonds. The first-order chi connectivity index (χ1) is 9.67. The number of thiazole rings is 1. The van der Waals surface area contributed by atoms with Crippen LogP contribution >= 0.6 is 11.3 Å². The summed E-state index contributed by atoms with van der Waals surface area (Å²) in [6.45, 7) is 2.74. The van der Waals surface area contributed by atoms with Gasteiger partial charge in [0.2, 0.25) is 0 Å². The fourth-order valence-corrected chi connectivity index (χ4v) is 3.46. The lowest BCUT2D eigenvalue weighted by molar-refractivity contribution is 0.101. The number of carbonyl (C=O) groups is 1. The zero-order valence-electron chi connectivity index (χ0n) is 11.9. The largest absolute Gasteiger partial charge is 0.393 e. The molecule has 20 heavy (non-hydrogen) atoms. The fraction of sp³-hybridized carbons (Fsp3) is 0.714. The van der Waals surface area contributed by atoms with Crippen molar-refractivity contribution < 1.29 is 9.90 Å². The van der Waals surface area contributed by atoms with E-state index in [1.165, 1.54) is 16.2 Å². The molecule has 1 fully saturated rings. The maximum Gasteiger partial charge on any atom is 0.321 e. The normalized spacial score (nSPS) is 22.5. The smallest absolute Gasteiger partial charge is 0.321 e. The van der Waals surface area contributed by atoms with Crippen LogP contribution in [0.15, 0.2) is 6.20 Å². The van der Waals surface area contributed by atoms with Gasteiger partial charge < -0.3 is 10.4 Å². The van der Waals surface area contributed by atoms with Crippen LogP contribution in [-0.4, -0.2) is 28.8 Å². The second-order valence-electron chi connectivity index (χ2n) is 5.40. The lowest BCUT2D eigenvalue weighted by Crippen LogP contribution is -2.35. The van der Waals surface area contributed by atoms with E-state index in [4.69, 9.17) is 0 Å². The van der Waals surface area contributed by atoms with E-state index >= 15 is 0 Å². The van der Waals surface area contributed by atoms with Crippen LogP contribution in [0.25, 0.3) is 0 Å². The lowest BCUT2D eigenvalue weighted by atomic mass is 9.87. The van der Waals surface area contributed by atoms with Crippen LogP contribution in [0, 0.1) is 5.92 Å². The summed E-state index contributed by atoms with van der Waals surface area (Å²) in [5.74, 6) is 0.386. The van der Waals surface area contributed by atoms with Crippen molar-refractivity contribution in [2.24, 2.45) is 5.92 Å². The summed E-state index contributed by atoms with van der Waals surface area (Å²) in [5.41, 5.74) is 0. The molecule has 1 saturated carbocycles. The van der Waals surface area contributed by atoms with Crippen molar-refractivity contribution in [1.29, 1.82) is 0 Å². The molecule has 2 rings (SSSR count). The Kier molecular flexibility index (Phi) is 5.79. The van der Waals surface area contributed by atoms with E-state index in [0.717, 1.165) is 38.5 Å². The minimum Gasteiger partial charge on any atom is -0.393 e. The average Bonchev–Trinajstić information content (AvgIpc) is 2.84. The number of hydrogen-bond donors (Lipinski definition) is 3. The van der Waals surface area contributed by atoms with E-state index in [2.05, 4.69) is 22.5 Å². The van der Waals surface area contributed by atoms with E-state index in [1.54, 1.807) is 0 Å². The molecule has 1 aliphatic carbocycles. The highest BCUT2D eigenvalue weighted by molar-refractivity contribution is 7.15. The van der Waals surface area contributed by atoms with Gasteiger partial charge in [-0.05, 0) is 31.6 Å². The molecule has 1 aliphatic rings. The number of hydrogen-bond acceptors (Lipinski definition) is 4. The van der Waals surface area contributed by atoms with Gasteiger partial charge in [-0.3, -0.25) is 5.32 Å². The van der Waals surface area contributed by atoms with Gasteiger partial charge in [0.25, 0.3) is 0 Å². The first kappa shape index (κ1) is 15.3. The Morgan fingerprint density at radius 2 is 2.40 bits per heavy atom. The monoisotopic (exact) mass is 297 g/mol. The maximum absolute atomic E-state index is 11.8. The Morgan fingerprint density at radius 1 is 1.55 bits per heavy atom. The van der Waals surface area contributed by atoms with E-state index in [0.29, 0.717) is 17.6 Å². The van der Waals surface area contributed by atoms with Gasteiger partial charge in [-0.2, -0.15) is 0 Å². The van der Waals surface area contributed by atoms with Gasteiger partial charge in [-0.25, -0.2) is 9.78 Å². The van der Waals surface area contributed by atoms with Crippen molar-refractivity contribution in [3.05, 3.63) is 11.1 Å². The highest BCUT2D eigenvalue weighted by Crippen LogP contribution is 2.23. The molecule has 1 aromatic rings. The maximum atomic E-state index is 11.8. The summed E-state index contributed by atoms with van der Waals surface area (Å²) in [7, 11) is 0. The molecule has 0 radical (unpaired) electrons. The van der Waals surface area contributed by atoms with Gasteiger partial charge in [-0.1, -0.05) is 19.8 Å². The van der Waals surface area contributed by atoms with Crippen molar-refractivity contribution in [3.8, 4) is 0 Å². The minimum atomic E-state index is -0.206. The number of aromatic nitrogens is 1. The Morgan fingerprint density at radius 3 is 3.15 bits per heavy atom.